The van der Waals surface area contributed by atoms with Crippen molar-refractivity contribution in [3.8, 4) is 5.75 Å². The van der Waals surface area contributed by atoms with Crippen molar-refractivity contribution < 1.29 is 9.84 Å². The first-order chi connectivity index (χ1) is 9.52. The molecule has 20 heavy (non-hydrogen) atoms. The van der Waals surface area contributed by atoms with Gasteiger partial charge in [0.05, 0.1) is 22.5 Å². The number of nitrogens with zero attached hydrogens (tertiary/aromatic N) is 2. The molecule has 0 aliphatic heterocycles. The number of aromatic nitrogens is 2. The van der Waals surface area contributed by atoms with Gasteiger partial charge in [0, 0.05) is 7.05 Å². The van der Waals surface area contributed by atoms with E-state index in [2.05, 4.69) is 5.10 Å². The molecule has 0 fully saturated rings. The van der Waals surface area contributed by atoms with Gasteiger partial charge < -0.3 is 9.84 Å². The average molecular weight is 295 g/mol. The monoisotopic (exact) mass is 294 g/mol. The van der Waals surface area contributed by atoms with Gasteiger partial charge in [-0.15, -0.1) is 0 Å². The summed E-state index contributed by atoms with van der Waals surface area (Å²) in [6, 6.07) is 7.38. The average Bonchev–Trinajstić information content (AvgIpc) is 2.71. The van der Waals surface area contributed by atoms with Crippen molar-refractivity contribution in [2.24, 2.45) is 7.05 Å². The van der Waals surface area contributed by atoms with Crippen LogP contribution in [0.4, 0.5) is 0 Å². The summed E-state index contributed by atoms with van der Waals surface area (Å²) >= 11 is 6.27. The lowest BCUT2D eigenvalue weighted by Gasteiger charge is -2.09. The Morgan fingerprint density at radius 2 is 2.00 bits per heavy atom. The Labute approximate surface area is 123 Å². The van der Waals surface area contributed by atoms with Crippen LogP contribution in [0.25, 0.3) is 0 Å². The zero-order valence-corrected chi connectivity index (χ0v) is 12.7. The molecule has 1 aromatic carbocycles. The van der Waals surface area contributed by atoms with Crippen LogP contribution < -0.4 is 4.74 Å². The number of halogens is 1. The van der Waals surface area contributed by atoms with Gasteiger partial charge in [-0.2, -0.15) is 5.10 Å². The van der Waals surface area contributed by atoms with Crippen LogP contribution in [0.5, 0.6) is 5.75 Å². The fourth-order valence-electron chi connectivity index (χ4n) is 1.97. The predicted octanol–water partition coefficient (Wildman–Crippen LogP) is 3.27. The zero-order valence-electron chi connectivity index (χ0n) is 11.9. The van der Waals surface area contributed by atoms with Crippen molar-refractivity contribution in [1.82, 2.24) is 9.78 Å². The van der Waals surface area contributed by atoms with E-state index in [4.69, 9.17) is 16.3 Å². The number of hydrogen-bond acceptors (Lipinski definition) is 3. The van der Waals surface area contributed by atoms with Crippen molar-refractivity contribution in [2.75, 3.05) is 0 Å². The summed E-state index contributed by atoms with van der Waals surface area (Å²) in [6.45, 7) is 4.13. The highest BCUT2D eigenvalue weighted by atomic mass is 35.5. The molecule has 108 valence electrons. The van der Waals surface area contributed by atoms with Crippen LogP contribution in [0.2, 0.25) is 5.02 Å². The first-order valence-corrected chi connectivity index (χ1v) is 7.01. The van der Waals surface area contributed by atoms with E-state index in [1.54, 1.807) is 11.6 Å². The highest BCUT2D eigenvalue weighted by Gasteiger charge is 2.13. The highest BCUT2D eigenvalue weighted by molar-refractivity contribution is 6.31. The van der Waals surface area contributed by atoms with Gasteiger partial charge in [-0.05, 0) is 31.0 Å². The minimum Gasteiger partial charge on any atom is -0.487 e. The van der Waals surface area contributed by atoms with Crippen LogP contribution in [0.15, 0.2) is 24.3 Å². The van der Waals surface area contributed by atoms with Gasteiger partial charge in [-0.1, -0.05) is 30.7 Å². The van der Waals surface area contributed by atoms with Crippen LogP contribution in [0.1, 0.15) is 36.9 Å². The topological polar surface area (TPSA) is 47.3 Å². The van der Waals surface area contributed by atoms with Crippen molar-refractivity contribution in [2.45, 2.75) is 33.0 Å². The van der Waals surface area contributed by atoms with E-state index in [0.717, 1.165) is 29.1 Å². The third-order valence-electron chi connectivity index (χ3n) is 3.24. The summed E-state index contributed by atoms with van der Waals surface area (Å²) in [5.74, 6) is 0.740. The van der Waals surface area contributed by atoms with E-state index >= 15 is 0 Å². The summed E-state index contributed by atoms with van der Waals surface area (Å²) in [7, 11) is 1.86. The van der Waals surface area contributed by atoms with Crippen molar-refractivity contribution in [1.29, 1.82) is 0 Å². The number of rotatable bonds is 5. The van der Waals surface area contributed by atoms with E-state index in [1.807, 2.05) is 38.2 Å². The SMILES string of the molecule is CCc1nn(C)c(COc2ccc([C@@H](C)O)cc2)c1Cl. The van der Waals surface area contributed by atoms with Crippen molar-refractivity contribution >= 4 is 11.6 Å². The molecular weight excluding hydrogens is 276 g/mol. The predicted molar refractivity (Wildman–Crippen MR) is 79.0 cm³/mol. The zero-order chi connectivity index (χ0) is 14.7. The van der Waals surface area contributed by atoms with Crippen LogP contribution in [0, 0.1) is 0 Å². The molecule has 4 nitrogen and oxygen atoms in total. The molecular formula is C15H19ClN2O2. The molecule has 1 heterocycles. The second kappa shape index (κ2) is 6.29. The smallest absolute Gasteiger partial charge is 0.131 e. The fourth-order valence-corrected chi connectivity index (χ4v) is 2.32. The molecule has 0 radical (unpaired) electrons. The Bertz CT molecular complexity index is 576. The minimum absolute atomic E-state index is 0.371. The molecule has 2 rings (SSSR count). The Morgan fingerprint density at radius 3 is 2.50 bits per heavy atom. The number of aryl methyl sites for hydroxylation is 2. The highest BCUT2D eigenvalue weighted by Crippen LogP contribution is 2.23. The van der Waals surface area contributed by atoms with E-state index in [0.29, 0.717) is 11.6 Å². The Morgan fingerprint density at radius 1 is 1.35 bits per heavy atom. The Hall–Kier alpha value is -1.52. The van der Waals surface area contributed by atoms with Gasteiger partial charge in [-0.25, -0.2) is 0 Å². The number of ether oxygens (including phenoxy) is 1. The molecule has 0 bridgehead atoms. The number of aliphatic hydroxyl groups excluding tert-OH is 1. The van der Waals surface area contributed by atoms with E-state index < -0.39 is 6.10 Å². The first kappa shape index (κ1) is 14.9. The molecule has 0 saturated carbocycles. The van der Waals surface area contributed by atoms with Crippen LogP contribution in [0.3, 0.4) is 0 Å². The molecule has 1 atom stereocenters. The van der Waals surface area contributed by atoms with E-state index in [9.17, 15) is 5.11 Å². The van der Waals surface area contributed by atoms with E-state index in [-0.39, 0.29) is 0 Å². The lowest BCUT2D eigenvalue weighted by atomic mass is 10.1. The van der Waals surface area contributed by atoms with Gasteiger partial charge in [0.15, 0.2) is 0 Å². The lowest BCUT2D eigenvalue weighted by molar-refractivity contribution is 0.199. The Balaban J connectivity index is 2.07. The number of benzene rings is 1. The summed E-state index contributed by atoms with van der Waals surface area (Å²) in [5.41, 5.74) is 2.62. The maximum absolute atomic E-state index is 9.46. The number of hydrogen-bond donors (Lipinski definition) is 1. The molecule has 5 heteroatoms. The van der Waals surface area contributed by atoms with Gasteiger partial charge in [-0.3, -0.25) is 4.68 Å². The molecule has 1 N–H and O–H groups in total. The lowest BCUT2D eigenvalue weighted by Crippen LogP contribution is -2.03. The molecule has 0 saturated heterocycles. The van der Waals surface area contributed by atoms with Gasteiger partial charge in [0.2, 0.25) is 0 Å². The van der Waals surface area contributed by atoms with Gasteiger partial charge in [0.1, 0.15) is 12.4 Å². The molecule has 0 aliphatic carbocycles. The molecule has 0 aliphatic rings. The standard InChI is InChI=1S/C15H19ClN2O2/c1-4-13-15(16)14(18(3)17-13)9-20-12-7-5-11(6-8-12)10(2)19/h5-8,10,19H,4,9H2,1-3H3/t10-/m1/s1. The molecule has 0 spiro atoms. The molecule has 0 unspecified atom stereocenters. The third-order valence-corrected chi connectivity index (χ3v) is 3.68. The van der Waals surface area contributed by atoms with Crippen LogP contribution in [-0.2, 0) is 20.1 Å². The third kappa shape index (κ3) is 3.14. The summed E-state index contributed by atoms with van der Waals surface area (Å²) < 4.78 is 7.47. The second-order valence-corrected chi connectivity index (χ2v) is 5.10. The first-order valence-electron chi connectivity index (χ1n) is 6.64. The fraction of sp³-hybridized carbons (Fsp3) is 0.400. The van der Waals surface area contributed by atoms with Gasteiger partial charge in [0.25, 0.3) is 0 Å². The van der Waals surface area contributed by atoms with Crippen LogP contribution >= 0.6 is 11.6 Å². The maximum atomic E-state index is 9.46. The quantitative estimate of drug-likeness (QED) is 0.920. The molecule has 2 aromatic rings. The number of aliphatic hydroxyl groups is 1. The largest absolute Gasteiger partial charge is 0.487 e. The summed E-state index contributed by atoms with van der Waals surface area (Å²) in [6.07, 6.45) is 0.332. The van der Waals surface area contributed by atoms with Gasteiger partial charge >= 0.3 is 0 Å². The summed E-state index contributed by atoms with van der Waals surface area (Å²) in [5, 5.41) is 14.5. The minimum atomic E-state index is -0.470. The van der Waals surface area contributed by atoms with E-state index in [1.165, 1.54) is 0 Å². The second-order valence-electron chi connectivity index (χ2n) is 4.72. The summed E-state index contributed by atoms with van der Waals surface area (Å²) in [4.78, 5) is 0. The van der Waals surface area contributed by atoms with Crippen molar-refractivity contribution in [3.05, 3.63) is 46.2 Å². The Kier molecular flexibility index (Phi) is 4.68. The van der Waals surface area contributed by atoms with Crippen LogP contribution in [-0.4, -0.2) is 14.9 Å². The normalized spacial score (nSPS) is 12.4. The molecule has 1 aromatic heterocycles. The molecule has 0 amide bonds. The van der Waals surface area contributed by atoms with Crippen molar-refractivity contribution in [3.63, 3.8) is 0 Å². The maximum Gasteiger partial charge on any atom is 0.131 e.